The molecule has 0 aliphatic carbocycles. The molecule has 1 aliphatic heterocycles. The van der Waals surface area contributed by atoms with E-state index in [1.54, 1.807) is 35.2 Å². The van der Waals surface area contributed by atoms with Crippen molar-refractivity contribution in [3.63, 3.8) is 0 Å². The predicted octanol–water partition coefficient (Wildman–Crippen LogP) is 5.12. The fraction of sp³-hybridized carbons (Fsp3) is 0.208. The fourth-order valence-corrected chi connectivity index (χ4v) is 4.89. The summed E-state index contributed by atoms with van der Waals surface area (Å²) < 4.78 is 15.7. The van der Waals surface area contributed by atoms with Gasteiger partial charge in [-0.3, -0.25) is 15.1 Å². The van der Waals surface area contributed by atoms with Crippen LogP contribution in [0.2, 0.25) is 0 Å². The SMILES string of the molecule is O=C(Nc1nc(C2CCCN2c2ccccc2)cs1)c1cccn1Cc1ccncc1F. The Hall–Kier alpha value is -3.52. The molecule has 1 N–H and O–H groups in total. The third-order valence-corrected chi connectivity index (χ3v) is 6.46. The molecule has 0 bridgehead atoms. The first kappa shape index (κ1) is 20.4. The van der Waals surface area contributed by atoms with Crippen molar-refractivity contribution in [2.75, 3.05) is 16.8 Å². The van der Waals surface area contributed by atoms with E-state index in [4.69, 9.17) is 4.98 Å². The van der Waals surface area contributed by atoms with Gasteiger partial charge in [0.1, 0.15) is 11.5 Å². The molecule has 1 aliphatic rings. The molecule has 4 aromatic rings. The summed E-state index contributed by atoms with van der Waals surface area (Å²) in [6.45, 7) is 1.24. The van der Waals surface area contributed by atoms with Gasteiger partial charge in [0.25, 0.3) is 5.91 Å². The number of nitrogens with zero attached hydrogens (tertiary/aromatic N) is 4. The molecule has 1 amide bonds. The zero-order chi connectivity index (χ0) is 21.9. The highest BCUT2D eigenvalue weighted by Crippen LogP contribution is 2.37. The molecule has 8 heteroatoms. The molecule has 0 radical (unpaired) electrons. The minimum Gasteiger partial charge on any atom is -0.363 e. The van der Waals surface area contributed by atoms with Gasteiger partial charge in [0.15, 0.2) is 5.13 Å². The molecule has 0 saturated carbocycles. The maximum atomic E-state index is 14.0. The van der Waals surface area contributed by atoms with E-state index in [2.05, 4.69) is 27.3 Å². The molecule has 5 rings (SSSR count). The average molecular weight is 448 g/mol. The molecule has 4 heterocycles. The molecule has 162 valence electrons. The molecule has 6 nitrogen and oxygen atoms in total. The van der Waals surface area contributed by atoms with Crippen LogP contribution in [0.25, 0.3) is 0 Å². The van der Waals surface area contributed by atoms with Gasteiger partial charge in [-0.25, -0.2) is 9.37 Å². The van der Waals surface area contributed by atoms with Crippen LogP contribution in [0.5, 0.6) is 0 Å². The number of amides is 1. The van der Waals surface area contributed by atoms with Crippen molar-refractivity contribution in [2.45, 2.75) is 25.4 Å². The van der Waals surface area contributed by atoms with E-state index in [-0.39, 0.29) is 18.5 Å². The van der Waals surface area contributed by atoms with Crippen molar-refractivity contribution >= 4 is 28.1 Å². The highest BCUT2D eigenvalue weighted by Gasteiger charge is 2.28. The monoisotopic (exact) mass is 447 g/mol. The Kier molecular flexibility index (Phi) is 5.68. The van der Waals surface area contributed by atoms with Crippen LogP contribution in [0.1, 0.15) is 40.6 Å². The molecule has 1 unspecified atom stereocenters. The maximum Gasteiger partial charge on any atom is 0.274 e. The normalized spacial score (nSPS) is 15.8. The molecular weight excluding hydrogens is 425 g/mol. The number of nitrogens with one attached hydrogen (secondary N) is 1. The number of rotatable bonds is 6. The number of hydrogen-bond donors (Lipinski definition) is 1. The van der Waals surface area contributed by atoms with Crippen LogP contribution < -0.4 is 10.2 Å². The lowest BCUT2D eigenvalue weighted by molar-refractivity contribution is 0.101. The standard InChI is InChI=1S/C24H22FN5OS/c25-19-14-26-11-10-17(19)15-29-12-4-9-22(29)23(31)28-24-27-20(16-32-24)21-8-5-13-30(21)18-6-2-1-3-7-18/h1-4,6-7,9-12,14,16,21H,5,8,13,15H2,(H,27,28,31). The molecular formula is C24H22FN5OS. The minimum absolute atomic E-state index is 0.206. The van der Waals surface area contributed by atoms with E-state index in [1.165, 1.54) is 23.2 Å². The topological polar surface area (TPSA) is 63.1 Å². The summed E-state index contributed by atoms with van der Waals surface area (Å²) in [6.07, 6.45) is 6.63. The molecule has 3 aromatic heterocycles. The van der Waals surface area contributed by atoms with E-state index in [9.17, 15) is 9.18 Å². The molecule has 32 heavy (non-hydrogen) atoms. The first-order chi connectivity index (χ1) is 15.7. The van der Waals surface area contributed by atoms with Crippen LogP contribution in [0, 0.1) is 5.82 Å². The first-order valence-electron chi connectivity index (χ1n) is 10.5. The Labute approximate surface area is 189 Å². The maximum absolute atomic E-state index is 14.0. The number of anilines is 2. The van der Waals surface area contributed by atoms with E-state index in [0.717, 1.165) is 25.1 Å². The average Bonchev–Trinajstić information content (AvgIpc) is 3.56. The Morgan fingerprint density at radius 2 is 2.06 bits per heavy atom. The van der Waals surface area contributed by atoms with Crippen molar-refractivity contribution in [1.82, 2.24) is 14.5 Å². The van der Waals surface area contributed by atoms with Crippen molar-refractivity contribution in [1.29, 1.82) is 0 Å². The van der Waals surface area contributed by atoms with Crippen molar-refractivity contribution < 1.29 is 9.18 Å². The lowest BCUT2D eigenvalue weighted by atomic mass is 10.1. The van der Waals surface area contributed by atoms with Crippen molar-refractivity contribution in [3.05, 3.63) is 95.3 Å². The molecule has 1 atom stereocenters. The van der Waals surface area contributed by atoms with Gasteiger partial charge in [-0.2, -0.15) is 0 Å². The lowest BCUT2D eigenvalue weighted by Gasteiger charge is -2.25. The van der Waals surface area contributed by atoms with Crippen LogP contribution in [-0.2, 0) is 6.54 Å². The van der Waals surface area contributed by atoms with Gasteiger partial charge in [0.05, 0.1) is 24.5 Å². The highest BCUT2D eigenvalue weighted by molar-refractivity contribution is 7.14. The molecule has 1 aromatic carbocycles. The number of hydrogen-bond acceptors (Lipinski definition) is 5. The third kappa shape index (κ3) is 4.13. The van der Waals surface area contributed by atoms with Crippen LogP contribution in [0.3, 0.4) is 0 Å². The summed E-state index contributed by atoms with van der Waals surface area (Å²) in [5, 5.41) is 5.49. The summed E-state index contributed by atoms with van der Waals surface area (Å²) >= 11 is 1.42. The number of halogens is 1. The first-order valence-corrected chi connectivity index (χ1v) is 11.4. The number of carbonyl (C=O) groups is 1. The van der Waals surface area contributed by atoms with E-state index < -0.39 is 5.82 Å². The Bertz CT molecular complexity index is 1220. The molecule has 1 saturated heterocycles. The van der Waals surface area contributed by atoms with Gasteiger partial charge in [0.2, 0.25) is 0 Å². The number of carbonyl (C=O) groups excluding carboxylic acids is 1. The van der Waals surface area contributed by atoms with Crippen molar-refractivity contribution in [2.24, 2.45) is 0 Å². The number of pyridine rings is 1. The largest absolute Gasteiger partial charge is 0.363 e. The summed E-state index contributed by atoms with van der Waals surface area (Å²) in [6, 6.07) is 15.7. The van der Waals surface area contributed by atoms with Gasteiger partial charge < -0.3 is 9.47 Å². The van der Waals surface area contributed by atoms with Gasteiger partial charge in [-0.1, -0.05) is 18.2 Å². The Morgan fingerprint density at radius 3 is 2.91 bits per heavy atom. The number of thiazole rings is 1. The second-order valence-corrected chi connectivity index (χ2v) is 8.57. The summed E-state index contributed by atoms with van der Waals surface area (Å²) in [4.78, 5) is 23.8. The second-order valence-electron chi connectivity index (χ2n) is 7.71. The van der Waals surface area contributed by atoms with Crippen LogP contribution in [0.4, 0.5) is 15.2 Å². The van der Waals surface area contributed by atoms with E-state index >= 15 is 0 Å². The van der Waals surface area contributed by atoms with Crippen LogP contribution in [0.15, 0.2) is 72.5 Å². The number of para-hydroxylation sites is 1. The third-order valence-electron chi connectivity index (χ3n) is 5.68. The van der Waals surface area contributed by atoms with Crippen molar-refractivity contribution in [3.8, 4) is 0 Å². The highest BCUT2D eigenvalue weighted by atomic mass is 32.1. The lowest BCUT2D eigenvalue weighted by Crippen LogP contribution is -2.22. The molecule has 1 fully saturated rings. The zero-order valence-electron chi connectivity index (χ0n) is 17.3. The zero-order valence-corrected chi connectivity index (χ0v) is 18.1. The summed E-state index contributed by atoms with van der Waals surface area (Å²) in [5.41, 5.74) is 3.09. The van der Waals surface area contributed by atoms with Gasteiger partial charge in [0, 0.05) is 35.6 Å². The van der Waals surface area contributed by atoms with Gasteiger partial charge >= 0.3 is 0 Å². The fourth-order valence-electron chi connectivity index (χ4n) is 4.13. The van der Waals surface area contributed by atoms with Gasteiger partial charge in [-0.15, -0.1) is 11.3 Å². The minimum atomic E-state index is -0.392. The van der Waals surface area contributed by atoms with E-state index in [0.29, 0.717) is 16.4 Å². The predicted molar refractivity (Wildman–Crippen MR) is 124 cm³/mol. The number of benzene rings is 1. The Morgan fingerprint density at radius 1 is 1.19 bits per heavy atom. The van der Waals surface area contributed by atoms with E-state index in [1.807, 2.05) is 23.6 Å². The second kappa shape index (κ2) is 8.92. The molecule has 0 spiro atoms. The number of aromatic nitrogens is 3. The smallest absolute Gasteiger partial charge is 0.274 e. The van der Waals surface area contributed by atoms with Crippen LogP contribution >= 0.6 is 11.3 Å². The quantitative estimate of drug-likeness (QED) is 0.446. The summed E-state index contributed by atoms with van der Waals surface area (Å²) in [7, 11) is 0. The Balaban J connectivity index is 1.30. The summed E-state index contributed by atoms with van der Waals surface area (Å²) in [5.74, 6) is -0.659. The van der Waals surface area contributed by atoms with Crippen LogP contribution in [-0.4, -0.2) is 27.0 Å². The van der Waals surface area contributed by atoms with Gasteiger partial charge in [-0.05, 0) is 43.2 Å².